The molecule has 3 aromatic carbocycles. The fourth-order valence-electron chi connectivity index (χ4n) is 4.12. The minimum absolute atomic E-state index is 0.0696. The molecule has 0 fully saturated rings. The molecule has 0 unspecified atom stereocenters. The van der Waals surface area contributed by atoms with Gasteiger partial charge in [-0.2, -0.15) is 0 Å². The lowest BCUT2D eigenvalue weighted by molar-refractivity contribution is 0.0694. The number of carboxylic acids is 1. The van der Waals surface area contributed by atoms with E-state index in [0.29, 0.717) is 15.4 Å². The number of hydrogen-bond donors (Lipinski definition) is 2. The molecule has 2 N–H and O–H groups in total. The Morgan fingerprint density at radius 2 is 1.72 bits per heavy atom. The highest BCUT2D eigenvalue weighted by molar-refractivity contribution is 7.92. The van der Waals surface area contributed by atoms with E-state index in [1.807, 2.05) is 54.6 Å². The molecule has 0 aliphatic carbocycles. The first-order valence-electron chi connectivity index (χ1n) is 11.5. The highest BCUT2D eigenvalue weighted by atomic mass is 35.5. The van der Waals surface area contributed by atoms with Crippen LogP contribution < -0.4 is 10.2 Å². The second-order valence-electron chi connectivity index (χ2n) is 8.60. The lowest BCUT2D eigenvalue weighted by Crippen LogP contribution is -2.19. The molecule has 2 heterocycles. The largest absolute Gasteiger partial charge is 0.477 e. The summed E-state index contributed by atoms with van der Waals surface area (Å²) in [6.07, 6.45) is 1.26. The Kier molecular flexibility index (Phi) is 7.46. The summed E-state index contributed by atoms with van der Waals surface area (Å²) in [5.74, 6) is -1.85. The van der Waals surface area contributed by atoms with E-state index in [4.69, 9.17) is 23.2 Å². The summed E-state index contributed by atoms with van der Waals surface area (Å²) in [6.45, 7) is 0.219. The van der Waals surface area contributed by atoms with Crippen LogP contribution in [-0.4, -0.2) is 29.0 Å². The third kappa shape index (κ3) is 5.84. The van der Waals surface area contributed by atoms with E-state index in [-0.39, 0.29) is 22.2 Å². The number of aromatic nitrogens is 2. The third-order valence-corrected chi connectivity index (χ3v) is 8.81. The van der Waals surface area contributed by atoms with Gasteiger partial charge in [0.1, 0.15) is 15.9 Å². The quantitative estimate of drug-likeness (QED) is 0.222. The maximum absolute atomic E-state index is 13.0. The molecule has 0 radical (unpaired) electrons. The maximum Gasteiger partial charge on any atom is 0.341 e. The van der Waals surface area contributed by atoms with Crippen molar-refractivity contribution in [1.82, 2.24) is 9.55 Å². The molecule has 8 nitrogen and oxygen atoms in total. The number of benzene rings is 3. The summed E-state index contributed by atoms with van der Waals surface area (Å²) in [5.41, 5.74) is 1.71. The number of sulfonamides is 1. The normalized spacial score (nSPS) is 11.5. The van der Waals surface area contributed by atoms with Gasteiger partial charge in [-0.1, -0.05) is 95.2 Å². The van der Waals surface area contributed by atoms with E-state index in [1.54, 1.807) is 4.57 Å². The highest BCUT2D eigenvalue weighted by Crippen LogP contribution is 2.30. The van der Waals surface area contributed by atoms with E-state index in [9.17, 15) is 23.1 Å². The van der Waals surface area contributed by atoms with Crippen molar-refractivity contribution in [2.24, 2.45) is 0 Å². The van der Waals surface area contributed by atoms with Crippen LogP contribution in [0.4, 0.5) is 5.13 Å². The van der Waals surface area contributed by atoms with Gasteiger partial charge in [0.15, 0.2) is 5.13 Å². The van der Waals surface area contributed by atoms with Crippen LogP contribution in [0.25, 0.3) is 21.5 Å². The van der Waals surface area contributed by atoms with Gasteiger partial charge < -0.3 is 9.67 Å². The van der Waals surface area contributed by atoms with Gasteiger partial charge in [-0.05, 0) is 34.4 Å². The maximum atomic E-state index is 13.0. The monoisotopic (exact) mass is 599 g/mol. The molecule has 5 aromatic rings. The van der Waals surface area contributed by atoms with Crippen LogP contribution in [0.2, 0.25) is 10.0 Å². The van der Waals surface area contributed by atoms with Gasteiger partial charge in [0, 0.05) is 22.8 Å². The Balaban J connectivity index is 1.55. The number of nitrogens with one attached hydrogen (secondary N) is 1. The van der Waals surface area contributed by atoms with Crippen LogP contribution in [0.1, 0.15) is 21.5 Å². The van der Waals surface area contributed by atoms with E-state index in [0.717, 1.165) is 28.0 Å². The lowest BCUT2D eigenvalue weighted by Gasteiger charge is -2.13. The number of pyridine rings is 1. The summed E-state index contributed by atoms with van der Waals surface area (Å²) in [5, 5.41) is 10.2. The molecule has 198 valence electrons. The molecule has 0 aliphatic heterocycles. The standard InChI is InChI=1S/C27H19Cl2N3O5S2/c28-19-11-10-18(22(29)12-19)15-39(36,37)31-27-30-23-24(33)21(26(34)35)14-32(25(23)38-27)13-17-8-4-5-9-20(17)16-6-2-1-3-7-16/h1-12,14H,13,15H2,(H,30,31)(H,34,35). The number of carbonyl (C=O) groups is 1. The first-order valence-corrected chi connectivity index (χ1v) is 14.7. The predicted molar refractivity (Wildman–Crippen MR) is 155 cm³/mol. The van der Waals surface area contributed by atoms with Crippen molar-refractivity contribution in [2.75, 3.05) is 4.72 Å². The third-order valence-electron chi connectivity index (χ3n) is 5.89. The van der Waals surface area contributed by atoms with Crippen LogP contribution in [0.3, 0.4) is 0 Å². The van der Waals surface area contributed by atoms with Gasteiger partial charge in [-0.25, -0.2) is 18.2 Å². The predicted octanol–water partition coefficient (Wildman–Crippen LogP) is 6.12. The number of fused-ring (bicyclic) bond motifs is 1. The van der Waals surface area contributed by atoms with Crippen LogP contribution >= 0.6 is 34.5 Å². The summed E-state index contributed by atoms with van der Waals surface area (Å²) in [6, 6.07) is 21.8. The van der Waals surface area contributed by atoms with E-state index in [2.05, 4.69) is 9.71 Å². The molecule has 12 heteroatoms. The van der Waals surface area contributed by atoms with Crippen molar-refractivity contribution in [3.05, 3.63) is 116 Å². The number of halogens is 2. The van der Waals surface area contributed by atoms with Gasteiger partial charge >= 0.3 is 5.97 Å². The second-order valence-corrected chi connectivity index (χ2v) is 12.1. The molecule has 0 bridgehead atoms. The van der Waals surface area contributed by atoms with E-state index >= 15 is 0 Å². The molecule has 0 spiro atoms. The van der Waals surface area contributed by atoms with Gasteiger partial charge in [0.2, 0.25) is 15.5 Å². The molecule has 5 rings (SSSR count). The number of nitrogens with zero attached hydrogens (tertiary/aromatic N) is 2. The Hall–Kier alpha value is -3.70. The van der Waals surface area contributed by atoms with Gasteiger partial charge in [0.05, 0.1) is 5.75 Å². The Morgan fingerprint density at radius 3 is 2.44 bits per heavy atom. The molecule has 0 aliphatic rings. The molecule has 2 aromatic heterocycles. The number of aromatic carboxylic acids is 1. The average molecular weight is 601 g/mol. The average Bonchev–Trinajstić information content (AvgIpc) is 3.31. The van der Waals surface area contributed by atoms with Gasteiger partial charge in [-0.15, -0.1) is 0 Å². The van der Waals surface area contributed by atoms with Crippen LogP contribution in [0.5, 0.6) is 0 Å². The second kappa shape index (κ2) is 10.8. The molecular formula is C27H19Cl2N3O5S2. The molecule has 0 atom stereocenters. The van der Waals surface area contributed by atoms with E-state index in [1.165, 1.54) is 24.4 Å². The summed E-state index contributed by atoms with van der Waals surface area (Å²) in [4.78, 5) is 29.3. The van der Waals surface area contributed by atoms with Gasteiger partial charge in [0.25, 0.3) is 0 Å². The van der Waals surface area contributed by atoms with Crippen LogP contribution in [-0.2, 0) is 22.3 Å². The van der Waals surface area contributed by atoms with E-state index < -0.39 is 32.7 Å². The van der Waals surface area contributed by atoms with Crippen molar-refractivity contribution in [1.29, 1.82) is 0 Å². The fourth-order valence-corrected chi connectivity index (χ4v) is 7.06. The number of carboxylic acid groups (broad SMARTS) is 1. The summed E-state index contributed by atoms with van der Waals surface area (Å²) in [7, 11) is -3.98. The Morgan fingerprint density at radius 1 is 1.00 bits per heavy atom. The van der Waals surface area contributed by atoms with Crippen molar-refractivity contribution in [2.45, 2.75) is 12.3 Å². The Bertz CT molecular complexity index is 1890. The molecule has 39 heavy (non-hydrogen) atoms. The molecular weight excluding hydrogens is 581 g/mol. The summed E-state index contributed by atoms with van der Waals surface area (Å²) < 4.78 is 29.8. The first-order chi connectivity index (χ1) is 18.6. The minimum Gasteiger partial charge on any atom is -0.477 e. The number of anilines is 1. The van der Waals surface area contributed by atoms with Crippen molar-refractivity contribution >= 4 is 66.0 Å². The minimum atomic E-state index is -3.98. The molecule has 0 saturated heterocycles. The van der Waals surface area contributed by atoms with Crippen molar-refractivity contribution < 1.29 is 18.3 Å². The number of rotatable bonds is 8. The van der Waals surface area contributed by atoms with Gasteiger partial charge in [-0.3, -0.25) is 9.52 Å². The first kappa shape index (κ1) is 26.9. The van der Waals surface area contributed by atoms with Crippen molar-refractivity contribution in [3.63, 3.8) is 0 Å². The zero-order valence-corrected chi connectivity index (χ0v) is 23.1. The summed E-state index contributed by atoms with van der Waals surface area (Å²) >= 11 is 13.0. The molecule has 0 amide bonds. The number of hydrogen-bond acceptors (Lipinski definition) is 6. The SMILES string of the molecule is O=C(O)c1cn(Cc2ccccc2-c2ccccc2)c2sc(NS(=O)(=O)Cc3ccc(Cl)cc3Cl)nc2c1=O. The fraction of sp³-hybridized carbons (Fsp3) is 0.0741. The smallest absolute Gasteiger partial charge is 0.341 e. The van der Waals surface area contributed by atoms with Crippen LogP contribution in [0.15, 0.2) is 83.8 Å². The number of thiazole rings is 1. The van der Waals surface area contributed by atoms with Crippen LogP contribution in [0, 0.1) is 0 Å². The van der Waals surface area contributed by atoms with Crippen molar-refractivity contribution in [3.8, 4) is 11.1 Å². The lowest BCUT2D eigenvalue weighted by atomic mass is 9.99. The highest BCUT2D eigenvalue weighted by Gasteiger charge is 2.22. The Labute approximate surface area is 237 Å². The molecule has 0 saturated carbocycles. The zero-order valence-electron chi connectivity index (χ0n) is 20.0. The topological polar surface area (TPSA) is 118 Å². The zero-order chi connectivity index (χ0) is 27.7.